The lowest BCUT2D eigenvalue weighted by molar-refractivity contribution is -0.138. The number of aromatic nitrogens is 1. The van der Waals surface area contributed by atoms with E-state index in [2.05, 4.69) is 4.98 Å². The predicted octanol–water partition coefficient (Wildman–Crippen LogP) is 2.31. The van der Waals surface area contributed by atoms with E-state index in [0.29, 0.717) is 12.3 Å². The van der Waals surface area contributed by atoms with Crippen molar-refractivity contribution in [3.63, 3.8) is 0 Å². The Morgan fingerprint density at radius 1 is 1.33 bits per heavy atom. The minimum absolute atomic E-state index is 0.443. The highest BCUT2D eigenvalue weighted by atomic mass is 19.4. The molecule has 2 nitrogen and oxygen atoms in total. The van der Waals surface area contributed by atoms with Crippen molar-refractivity contribution in [3.8, 4) is 0 Å². The molecule has 0 aliphatic rings. The maximum atomic E-state index is 12.9. The molecule has 0 saturated carbocycles. The zero-order valence-corrected chi connectivity index (χ0v) is 7.35. The number of halogens is 5. The Kier molecular flexibility index (Phi) is 3.23. The van der Waals surface area contributed by atoms with Gasteiger partial charge in [0, 0.05) is 6.07 Å². The number of nitrogens with zero attached hydrogens (tertiary/aromatic N) is 1. The summed E-state index contributed by atoms with van der Waals surface area (Å²) in [4.78, 5) is 3.19. The third-order valence-corrected chi connectivity index (χ3v) is 1.64. The van der Waals surface area contributed by atoms with E-state index in [9.17, 15) is 22.0 Å². The molecule has 0 unspecified atom stereocenters. The Balaban J connectivity index is 2.87. The number of rotatable bonds is 2. The monoisotopic (exact) mass is 226 g/mol. The van der Waals surface area contributed by atoms with Crippen LogP contribution < -0.4 is 5.73 Å². The van der Waals surface area contributed by atoms with Crippen molar-refractivity contribution in [3.05, 3.63) is 29.6 Å². The first-order valence-corrected chi connectivity index (χ1v) is 3.93. The molecular weight excluding hydrogens is 219 g/mol. The van der Waals surface area contributed by atoms with E-state index in [-0.39, 0.29) is 0 Å². The average Bonchev–Trinajstić information content (AvgIpc) is 1.99. The fourth-order valence-electron chi connectivity index (χ4n) is 1.04. The third-order valence-electron chi connectivity index (χ3n) is 1.64. The number of hydrogen-bond donors (Lipinski definition) is 1. The molecule has 1 aromatic rings. The third kappa shape index (κ3) is 3.43. The van der Waals surface area contributed by atoms with Gasteiger partial charge in [0.15, 0.2) is 0 Å². The minimum Gasteiger partial charge on any atom is -0.322 e. The Morgan fingerprint density at radius 3 is 2.40 bits per heavy atom. The molecule has 0 radical (unpaired) electrons. The Labute approximate surface area is 81.9 Å². The van der Waals surface area contributed by atoms with Gasteiger partial charge in [0.1, 0.15) is 11.6 Å². The van der Waals surface area contributed by atoms with Crippen LogP contribution >= 0.6 is 0 Å². The summed E-state index contributed by atoms with van der Waals surface area (Å²) in [6, 6.07) is -1.18. The first kappa shape index (κ1) is 11.8. The van der Waals surface area contributed by atoms with Crippen molar-refractivity contribution in [2.24, 2.45) is 5.73 Å². The van der Waals surface area contributed by atoms with Crippen LogP contribution in [0.5, 0.6) is 0 Å². The largest absolute Gasteiger partial charge is 0.390 e. The van der Waals surface area contributed by atoms with Gasteiger partial charge >= 0.3 is 6.18 Å². The van der Waals surface area contributed by atoms with Gasteiger partial charge in [0.2, 0.25) is 0 Å². The van der Waals surface area contributed by atoms with E-state index in [4.69, 9.17) is 5.73 Å². The zero-order chi connectivity index (χ0) is 11.6. The van der Waals surface area contributed by atoms with Gasteiger partial charge in [0.25, 0.3) is 0 Å². The van der Waals surface area contributed by atoms with Gasteiger partial charge in [-0.15, -0.1) is 0 Å². The molecule has 0 aliphatic heterocycles. The van der Waals surface area contributed by atoms with Crippen molar-refractivity contribution in [2.75, 3.05) is 0 Å². The predicted molar refractivity (Wildman–Crippen MR) is 41.8 cm³/mol. The quantitative estimate of drug-likeness (QED) is 0.786. The summed E-state index contributed by atoms with van der Waals surface area (Å²) >= 11 is 0. The summed E-state index contributed by atoms with van der Waals surface area (Å²) in [5.74, 6) is -2.14. The topological polar surface area (TPSA) is 38.9 Å². The molecule has 0 aromatic carbocycles. The fraction of sp³-hybridized carbons (Fsp3) is 0.375. The normalized spacial score (nSPS) is 14.0. The van der Waals surface area contributed by atoms with Gasteiger partial charge < -0.3 is 5.73 Å². The van der Waals surface area contributed by atoms with E-state index in [1.54, 1.807) is 0 Å². The Hall–Kier alpha value is -1.24. The molecule has 84 valence electrons. The first-order chi connectivity index (χ1) is 6.79. The van der Waals surface area contributed by atoms with E-state index < -0.39 is 36.0 Å². The molecule has 1 aromatic heterocycles. The molecule has 2 N–H and O–H groups in total. The molecule has 7 heteroatoms. The fourth-order valence-corrected chi connectivity index (χ4v) is 1.04. The summed E-state index contributed by atoms with van der Waals surface area (Å²) in [7, 11) is 0. The molecule has 0 aliphatic carbocycles. The number of hydrogen-bond acceptors (Lipinski definition) is 2. The van der Waals surface area contributed by atoms with Crippen LogP contribution in [0.4, 0.5) is 22.0 Å². The maximum Gasteiger partial charge on any atom is 0.390 e. The molecule has 1 heterocycles. The second-order valence-electron chi connectivity index (χ2n) is 2.95. The summed E-state index contributed by atoms with van der Waals surface area (Å²) in [5, 5.41) is 0. The van der Waals surface area contributed by atoms with Crippen LogP contribution in [0.1, 0.15) is 18.2 Å². The van der Waals surface area contributed by atoms with Crippen LogP contribution in [-0.2, 0) is 0 Å². The summed E-state index contributed by atoms with van der Waals surface area (Å²) in [6.45, 7) is 0. The number of nitrogens with two attached hydrogens (primary N) is 1. The number of alkyl halides is 3. The van der Waals surface area contributed by atoms with Crippen LogP contribution in [0.3, 0.4) is 0 Å². The second-order valence-corrected chi connectivity index (χ2v) is 2.95. The standard InChI is InChI=1S/C8H7F5N2/c9-4-1-5(10)7(15-3-4)6(14)2-8(11,12)13/h1,3,6H,2,14H2/t6-/m0/s1. The van der Waals surface area contributed by atoms with Crippen LogP contribution in [0.2, 0.25) is 0 Å². The van der Waals surface area contributed by atoms with E-state index in [1.165, 1.54) is 0 Å². The smallest absolute Gasteiger partial charge is 0.322 e. The van der Waals surface area contributed by atoms with E-state index in [1.807, 2.05) is 0 Å². The summed E-state index contributed by atoms with van der Waals surface area (Å²) in [6.07, 6.45) is -5.29. The molecule has 0 bridgehead atoms. The Morgan fingerprint density at radius 2 is 1.93 bits per heavy atom. The lowest BCUT2D eigenvalue weighted by Crippen LogP contribution is -2.22. The van der Waals surface area contributed by atoms with Crippen molar-refractivity contribution in [1.82, 2.24) is 4.98 Å². The molecule has 1 atom stereocenters. The van der Waals surface area contributed by atoms with Crippen molar-refractivity contribution >= 4 is 0 Å². The maximum absolute atomic E-state index is 12.9. The molecule has 1 rings (SSSR count). The summed E-state index contributed by atoms with van der Waals surface area (Å²) < 4.78 is 61.0. The highest BCUT2D eigenvalue weighted by Gasteiger charge is 2.32. The lowest BCUT2D eigenvalue weighted by atomic mass is 10.1. The second kappa shape index (κ2) is 4.09. The molecule has 0 fully saturated rings. The highest BCUT2D eigenvalue weighted by molar-refractivity contribution is 5.12. The summed E-state index contributed by atoms with van der Waals surface area (Å²) in [5.41, 5.74) is 4.50. The van der Waals surface area contributed by atoms with E-state index >= 15 is 0 Å². The number of pyridine rings is 1. The average molecular weight is 226 g/mol. The molecule has 0 saturated heterocycles. The van der Waals surface area contributed by atoms with Gasteiger partial charge in [-0.05, 0) is 0 Å². The van der Waals surface area contributed by atoms with Crippen molar-refractivity contribution < 1.29 is 22.0 Å². The van der Waals surface area contributed by atoms with Crippen molar-refractivity contribution in [2.45, 2.75) is 18.6 Å². The van der Waals surface area contributed by atoms with Crippen molar-refractivity contribution in [1.29, 1.82) is 0 Å². The molecule has 0 spiro atoms. The van der Waals surface area contributed by atoms with Gasteiger partial charge in [0.05, 0.1) is 24.4 Å². The van der Waals surface area contributed by atoms with Gasteiger partial charge in [-0.2, -0.15) is 13.2 Å². The Bertz CT molecular complexity index is 349. The van der Waals surface area contributed by atoms with Crippen LogP contribution in [0.15, 0.2) is 12.3 Å². The van der Waals surface area contributed by atoms with Crippen LogP contribution in [0.25, 0.3) is 0 Å². The van der Waals surface area contributed by atoms with Gasteiger partial charge in [-0.25, -0.2) is 8.78 Å². The first-order valence-electron chi connectivity index (χ1n) is 3.93. The van der Waals surface area contributed by atoms with Gasteiger partial charge in [-0.1, -0.05) is 0 Å². The minimum atomic E-state index is -4.51. The molecule has 15 heavy (non-hydrogen) atoms. The molecular formula is C8H7F5N2. The lowest BCUT2D eigenvalue weighted by Gasteiger charge is -2.13. The van der Waals surface area contributed by atoms with E-state index in [0.717, 1.165) is 0 Å². The molecule has 0 amide bonds. The van der Waals surface area contributed by atoms with Gasteiger partial charge in [-0.3, -0.25) is 4.98 Å². The van der Waals surface area contributed by atoms with Crippen LogP contribution in [-0.4, -0.2) is 11.2 Å². The highest BCUT2D eigenvalue weighted by Crippen LogP contribution is 2.28. The zero-order valence-electron chi connectivity index (χ0n) is 7.35. The van der Waals surface area contributed by atoms with Crippen LogP contribution in [0, 0.1) is 11.6 Å². The SMILES string of the molecule is N[C@@H](CC(F)(F)F)c1ncc(F)cc1F.